The third-order valence-corrected chi connectivity index (χ3v) is 7.72. The van der Waals surface area contributed by atoms with E-state index in [4.69, 9.17) is 4.74 Å². The fraction of sp³-hybridized carbons (Fsp3) is 0.278. The molecule has 4 rings (SSSR count). The lowest BCUT2D eigenvalue weighted by Gasteiger charge is -2.26. The smallest absolute Gasteiger partial charge is 0.251 e. The zero-order valence-electron chi connectivity index (χ0n) is 25.2. The largest absolute Gasteiger partial charge is 0.497 e. The Kier molecular flexibility index (Phi) is 11.1. The molecule has 2 amide bonds. The summed E-state index contributed by atoms with van der Waals surface area (Å²) in [6.45, 7) is 6.24. The highest BCUT2D eigenvalue weighted by Gasteiger charge is 2.24. The molecule has 224 valence electrons. The first kappa shape index (κ1) is 31.5. The minimum absolute atomic E-state index is 0.0223. The number of hydrogen-bond acceptors (Lipinski definition) is 5. The van der Waals surface area contributed by atoms with Gasteiger partial charge in [0.25, 0.3) is 11.8 Å². The number of amides is 2. The number of methoxy groups -OCH3 is 1. The Labute approximate surface area is 254 Å². The molecule has 4 aromatic carbocycles. The minimum atomic E-state index is -0.869. The summed E-state index contributed by atoms with van der Waals surface area (Å²) in [7, 11) is 1.63. The zero-order valence-corrected chi connectivity index (χ0v) is 25.2. The Morgan fingerprint density at radius 3 is 2.05 bits per heavy atom. The lowest BCUT2D eigenvalue weighted by atomic mass is 9.99. The molecule has 0 saturated heterocycles. The van der Waals surface area contributed by atoms with Crippen molar-refractivity contribution in [3.8, 4) is 5.75 Å². The highest BCUT2D eigenvalue weighted by Crippen LogP contribution is 2.19. The Hall–Kier alpha value is -4.46. The lowest BCUT2D eigenvalue weighted by Crippen LogP contribution is -2.49. The predicted octanol–water partition coefficient (Wildman–Crippen LogP) is 5.55. The minimum Gasteiger partial charge on any atom is -0.497 e. The maximum atomic E-state index is 13.4. The van der Waals surface area contributed by atoms with Crippen LogP contribution in [0.2, 0.25) is 0 Å². The Morgan fingerprint density at radius 1 is 0.767 bits per heavy atom. The van der Waals surface area contributed by atoms with Crippen LogP contribution >= 0.6 is 0 Å². The van der Waals surface area contributed by atoms with E-state index >= 15 is 0 Å². The van der Waals surface area contributed by atoms with E-state index in [-0.39, 0.29) is 30.4 Å². The number of ether oxygens (including phenoxy) is 1. The first-order chi connectivity index (χ1) is 20.7. The molecule has 0 spiro atoms. The molecule has 0 aliphatic carbocycles. The summed E-state index contributed by atoms with van der Waals surface area (Å²) in [6.07, 6.45) is -0.424. The quantitative estimate of drug-likeness (QED) is 0.167. The number of aliphatic hydroxyl groups excluding tert-OH is 1. The highest BCUT2D eigenvalue weighted by atomic mass is 16.5. The molecular formula is C36H41N3O4. The molecule has 0 aromatic heterocycles. The summed E-state index contributed by atoms with van der Waals surface area (Å²) in [4.78, 5) is 26.5. The van der Waals surface area contributed by atoms with E-state index in [1.54, 1.807) is 31.4 Å². The molecule has 0 saturated carbocycles. The third kappa shape index (κ3) is 8.77. The van der Waals surface area contributed by atoms with Gasteiger partial charge in [0.15, 0.2) is 0 Å². The topological polar surface area (TPSA) is 99.7 Å². The summed E-state index contributed by atoms with van der Waals surface area (Å²) >= 11 is 0. The van der Waals surface area contributed by atoms with E-state index in [9.17, 15) is 14.7 Å². The fourth-order valence-electron chi connectivity index (χ4n) is 5.09. The van der Waals surface area contributed by atoms with E-state index in [1.807, 2.05) is 99.6 Å². The second-order valence-corrected chi connectivity index (χ2v) is 10.9. The average Bonchev–Trinajstić information content (AvgIpc) is 3.03. The van der Waals surface area contributed by atoms with Crippen LogP contribution in [0.1, 0.15) is 68.9 Å². The van der Waals surface area contributed by atoms with Crippen LogP contribution in [0, 0.1) is 6.92 Å². The van der Waals surface area contributed by atoms with Gasteiger partial charge < -0.3 is 25.8 Å². The molecule has 0 heterocycles. The molecule has 7 nitrogen and oxygen atoms in total. The van der Waals surface area contributed by atoms with Crippen LogP contribution in [-0.4, -0.2) is 42.7 Å². The van der Waals surface area contributed by atoms with Gasteiger partial charge in [-0.05, 0) is 79.8 Å². The van der Waals surface area contributed by atoms with Gasteiger partial charge in [-0.3, -0.25) is 9.59 Å². The molecular weight excluding hydrogens is 538 g/mol. The van der Waals surface area contributed by atoms with Crippen LogP contribution in [0.15, 0.2) is 103 Å². The third-order valence-electron chi connectivity index (χ3n) is 7.72. The van der Waals surface area contributed by atoms with Crippen molar-refractivity contribution in [2.75, 3.05) is 13.7 Å². The van der Waals surface area contributed by atoms with Gasteiger partial charge in [0.2, 0.25) is 0 Å². The van der Waals surface area contributed by atoms with E-state index in [0.29, 0.717) is 17.5 Å². The van der Waals surface area contributed by atoms with Crippen molar-refractivity contribution in [3.63, 3.8) is 0 Å². The van der Waals surface area contributed by atoms with Gasteiger partial charge in [0.1, 0.15) is 5.75 Å². The van der Waals surface area contributed by atoms with Crippen molar-refractivity contribution >= 4 is 11.8 Å². The van der Waals surface area contributed by atoms with Gasteiger partial charge in [-0.2, -0.15) is 0 Å². The van der Waals surface area contributed by atoms with Crippen molar-refractivity contribution in [2.45, 2.75) is 51.4 Å². The van der Waals surface area contributed by atoms with E-state index < -0.39 is 12.1 Å². The van der Waals surface area contributed by atoms with Gasteiger partial charge in [0.05, 0.1) is 25.3 Å². The summed E-state index contributed by atoms with van der Waals surface area (Å²) in [5, 5.41) is 20.7. The summed E-state index contributed by atoms with van der Waals surface area (Å²) < 4.78 is 5.25. The van der Waals surface area contributed by atoms with Gasteiger partial charge in [0, 0.05) is 23.7 Å². The van der Waals surface area contributed by atoms with E-state index in [1.165, 1.54) is 0 Å². The number of rotatable bonds is 13. The molecule has 43 heavy (non-hydrogen) atoms. The lowest BCUT2D eigenvalue weighted by molar-refractivity contribution is 0.0825. The number of aryl methyl sites for hydroxylation is 1. The molecule has 1 unspecified atom stereocenters. The fourth-order valence-corrected chi connectivity index (χ4v) is 5.09. The standard InChI is InChI=1S/C36H41N3O4/c1-24-11-8-9-16-32(24)26(3)38-35(41)29-14-10-15-30(22-29)36(42)39-33(21-27-12-6-5-7-13-27)34(40)23-37-25(2)28-17-19-31(43-4)20-18-28/h5-20,22,25-26,33-34,37,40H,21,23H2,1-4H3,(H,38,41)(H,39,42)/t25-,26?,33+,34-/m1/s1. The van der Waals surface area contributed by atoms with Crippen molar-refractivity contribution in [3.05, 3.63) is 137 Å². The molecule has 4 atom stereocenters. The summed E-state index contributed by atoms with van der Waals surface area (Å²) in [5.41, 5.74) is 4.93. The number of aliphatic hydroxyl groups is 1. The van der Waals surface area contributed by atoms with Gasteiger partial charge >= 0.3 is 0 Å². The summed E-state index contributed by atoms with van der Waals surface area (Å²) in [6, 6.07) is 31.3. The molecule has 7 heteroatoms. The number of carbonyl (C=O) groups excluding carboxylic acids is 2. The second kappa shape index (κ2) is 15.1. The van der Waals surface area contributed by atoms with Crippen LogP contribution in [0.5, 0.6) is 5.75 Å². The van der Waals surface area contributed by atoms with Crippen LogP contribution in [0.4, 0.5) is 0 Å². The zero-order chi connectivity index (χ0) is 30.8. The first-order valence-corrected chi connectivity index (χ1v) is 14.6. The van der Waals surface area contributed by atoms with Crippen LogP contribution in [-0.2, 0) is 6.42 Å². The molecule has 4 N–H and O–H groups in total. The normalized spacial score (nSPS) is 13.8. The summed E-state index contributed by atoms with van der Waals surface area (Å²) in [5.74, 6) is 0.164. The van der Waals surface area contributed by atoms with Crippen LogP contribution in [0.3, 0.4) is 0 Å². The van der Waals surface area contributed by atoms with Crippen molar-refractivity contribution in [1.82, 2.24) is 16.0 Å². The van der Waals surface area contributed by atoms with Crippen LogP contribution < -0.4 is 20.7 Å². The van der Waals surface area contributed by atoms with E-state index in [2.05, 4.69) is 16.0 Å². The monoisotopic (exact) mass is 579 g/mol. The Balaban J connectivity index is 1.44. The SMILES string of the molecule is COc1ccc([C@@H](C)NC[C@@H](O)[C@H](Cc2ccccc2)NC(=O)c2cccc(C(=O)NC(C)c3ccccc3C)c2)cc1. The van der Waals surface area contributed by atoms with Gasteiger partial charge in [-0.25, -0.2) is 0 Å². The number of nitrogens with one attached hydrogen (secondary N) is 3. The number of benzene rings is 4. The van der Waals surface area contributed by atoms with E-state index in [0.717, 1.165) is 28.0 Å². The molecule has 4 aromatic rings. The molecule has 0 fully saturated rings. The predicted molar refractivity (Wildman–Crippen MR) is 170 cm³/mol. The Bertz CT molecular complexity index is 1490. The number of carbonyl (C=O) groups is 2. The van der Waals surface area contributed by atoms with Crippen molar-refractivity contribution in [2.24, 2.45) is 0 Å². The molecule has 0 aliphatic rings. The van der Waals surface area contributed by atoms with Crippen molar-refractivity contribution in [1.29, 1.82) is 0 Å². The maximum Gasteiger partial charge on any atom is 0.251 e. The van der Waals surface area contributed by atoms with Crippen LogP contribution in [0.25, 0.3) is 0 Å². The molecule has 0 bridgehead atoms. The van der Waals surface area contributed by atoms with Gasteiger partial charge in [-0.15, -0.1) is 0 Å². The molecule has 0 radical (unpaired) electrons. The highest BCUT2D eigenvalue weighted by molar-refractivity contribution is 5.99. The number of hydrogen-bond donors (Lipinski definition) is 4. The first-order valence-electron chi connectivity index (χ1n) is 14.6. The van der Waals surface area contributed by atoms with Gasteiger partial charge in [-0.1, -0.05) is 72.8 Å². The maximum absolute atomic E-state index is 13.4. The average molecular weight is 580 g/mol. The molecule has 0 aliphatic heterocycles. The van der Waals surface area contributed by atoms with Crippen molar-refractivity contribution < 1.29 is 19.4 Å². The Morgan fingerprint density at radius 2 is 1.40 bits per heavy atom. The second-order valence-electron chi connectivity index (χ2n) is 10.9.